The zero-order chi connectivity index (χ0) is 51.7. The summed E-state index contributed by atoms with van der Waals surface area (Å²) in [5.74, 6) is -0.511. The normalized spacial score (nSPS) is 24.8. The largest absolute Gasteiger partial charge is 0.461 e. The van der Waals surface area contributed by atoms with Crippen molar-refractivity contribution in [2.45, 2.75) is 74.7 Å². The molecule has 0 aliphatic carbocycles. The summed E-state index contributed by atoms with van der Waals surface area (Å²) in [4.78, 5) is 88.3. The lowest BCUT2D eigenvalue weighted by atomic mass is 9.94. The highest BCUT2D eigenvalue weighted by atomic mass is 19.1. The van der Waals surface area contributed by atoms with Gasteiger partial charge in [0.25, 0.3) is 11.8 Å². The number of pyridine rings is 1. The van der Waals surface area contributed by atoms with Crippen LogP contribution in [0, 0.1) is 24.0 Å². The van der Waals surface area contributed by atoms with Gasteiger partial charge >= 0.3 is 12.1 Å². The molecule has 3 unspecified atom stereocenters. The van der Waals surface area contributed by atoms with Crippen LogP contribution in [0.15, 0.2) is 66.9 Å². The van der Waals surface area contributed by atoms with Crippen LogP contribution in [0.5, 0.6) is 6.01 Å². The number of carbonyl (C=O) groups excluding carboxylic acids is 5. The number of carbonyl (C=O) groups is 5. The molecular formula is C55H55F2N11O7. The summed E-state index contributed by atoms with van der Waals surface area (Å²) < 4.78 is 44.9. The first-order valence-electron chi connectivity index (χ1n) is 25.7. The van der Waals surface area contributed by atoms with E-state index in [1.807, 2.05) is 0 Å². The second-order valence-electron chi connectivity index (χ2n) is 20.8. The minimum atomic E-state index is -1.05. The van der Waals surface area contributed by atoms with Gasteiger partial charge in [-0.2, -0.15) is 9.97 Å². The molecule has 3 N–H and O–H groups in total. The number of aromatic nitrogens is 3. The number of amides is 5. The van der Waals surface area contributed by atoms with Crippen molar-refractivity contribution < 1.29 is 42.2 Å². The molecule has 5 atom stereocenters. The number of nitrogens with zero attached hydrogens (tertiary/aromatic N) is 8. The van der Waals surface area contributed by atoms with E-state index in [1.54, 1.807) is 53.6 Å². The molecule has 0 radical (unpaired) electrons. The Balaban J connectivity index is 0.688. The summed E-state index contributed by atoms with van der Waals surface area (Å²) in [6, 6.07) is 12.6. The number of anilines is 2. The first kappa shape index (κ1) is 48.3. The maximum atomic E-state index is 17.2. The summed E-state index contributed by atoms with van der Waals surface area (Å²) in [7, 11) is 0. The van der Waals surface area contributed by atoms with E-state index >= 15 is 8.78 Å². The van der Waals surface area contributed by atoms with Crippen molar-refractivity contribution in [2.75, 3.05) is 82.3 Å². The number of piperidine rings is 1. The van der Waals surface area contributed by atoms with E-state index in [4.69, 9.17) is 25.9 Å². The molecule has 5 amide bonds. The summed E-state index contributed by atoms with van der Waals surface area (Å²) in [5.41, 5.74) is 1.86. The molecule has 7 aliphatic heterocycles. The Bertz CT molecular complexity index is 3280. The smallest absolute Gasteiger partial charge is 0.409 e. The van der Waals surface area contributed by atoms with Crippen LogP contribution in [-0.2, 0) is 14.3 Å². The number of ether oxygens (including phenoxy) is 2. The maximum Gasteiger partial charge on any atom is 0.409 e. The monoisotopic (exact) mass is 1020 g/mol. The standard InChI is InChI=1S/C55H55F2N11O7/c1-3-36-40(56)13-10-32-6-4-7-37(44(32)36)47-46(57)48-39(25-59-47)49(66-27-33-11-12-34(28-66)60-33)63-53(62-48)75-30-55-17-16-35(67(55)26-31(2)24-55)29-74-54(73)65-22-20-64(21-23-65)19-18-58-41-9-5-8-38-45(41)52(72)68(51(38)71)42-14-15-43(69)61-50(42)70/h1,4-10,13,25,33-35,42,58,60H,2,11-12,14-24,26-30H2,(H,61,69,70)/t33?,34?,35-,42?,55-/m0/s1. The van der Waals surface area contributed by atoms with Crippen LogP contribution in [0.4, 0.5) is 25.1 Å². The van der Waals surface area contributed by atoms with Gasteiger partial charge in [0.05, 0.1) is 27.6 Å². The minimum absolute atomic E-state index is 0.0130. The average Bonchev–Trinajstić information content (AvgIpc) is 4.13. The van der Waals surface area contributed by atoms with Crippen molar-refractivity contribution in [1.29, 1.82) is 0 Å². The van der Waals surface area contributed by atoms with Crippen LogP contribution >= 0.6 is 0 Å². The molecule has 18 nitrogen and oxygen atoms in total. The van der Waals surface area contributed by atoms with Gasteiger partial charge < -0.3 is 29.9 Å². The average molecular weight is 1020 g/mol. The van der Waals surface area contributed by atoms with Gasteiger partial charge in [0, 0.05) is 106 Å². The first-order chi connectivity index (χ1) is 36.4. The molecule has 386 valence electrons. The van der Waals surface area contributed by atoms with Crippen LogP contribution in [0.1, 0.15) is 71.2 Å². The topological polar surface area (TPSA) is 195 Å². The van der Waals surface area contributed by atoms with Gasteiger partial charge in [-0.05, 0) is 62.1 Å². The molecule has 3 aromatic carbocycles. The zero-order valence-corrected chi connectivity index (χ0v) is 41.2. The van der Waals surface area contributed by atoms with Gasteiger partial charge in [-0.15, -0.1) is 6.42 Å². The predicted molar refractivity (Wildman–Crippen MR) is 273 cm³/mol. The lowest BCUT2D eigenvalue weighted by Gasteiger charge is -2.36. The van der Waals surface area contributed by atoms with E-state index in [2.05, 4.69) is 48.1 Å². The molecular weight excluding hydrogens is 965 g/mol. The Morgan fingerprint density at radius 1 is 0.947 bits per heavy atom. The van der Waals surface area contributed by atoms with Crippen molar-refractivity contribution in [3.63, 3.8) is 0 Å². The third-order valence-corrected chi connectivity index (χ3v) is 16.2. The van der Waals surface area contributed by atoms with Crippen molar-refractivity contribution in [3.8, 4) is 29.6 Å². The van der Waals surface area contributed by atoms with E-state index in [-0.39, 0.29) is 84.2 Å². The lowest BCUT2D eigenvalue weighted by molar-refractivity contribution is -0.136. The van der Waals surface area contributed by atoms with Crippen LogP contribution < -0.4 is 25.6 Å². The van der Waals surface area contributed by atoms with Crippen LogP contribution in [0.3, 0.4) is 0 Å². The van der Waals surface area contributed by atoms with Crippen molar-refractivity contribution in [3.05, 3.63) is 95.2 Å². The van der Waals surface area contributed by atoms with Gasteiger partial charge in [-0.25, -0.2) is 13.6 Å². The molecule has 75 heavy (non-hydrogen) atoms. The third-order valence-electron chi connectivity index (χ3n) is 16.2. The number of terminal acetylenes is 1. The Labute approximate surface area is 430 Å². The number of hydrogen-bond donors (Lipinski definition) is 3. The van der Waals surface area contributed by atoms with E-state index < -0.39 is 46.8 Å². The van der Waals surface area contributed by atoms with Gasteiger partial charge in [0.15, 0.2) is 5.82 Å². The van der Waals surface area contributed by atoms with Crippen molar-refractivity contribution in [1.82, 2.24) is 45.2 Å². The third kappa shape index (κ3) is 8.65. The number of piperazine rings is 2. The molecule has 0 spiro atoms. The summed E-state index contributed by atoms with van der Waals surface area (Å²) in [6.07, 6.45) is 11.3. The Morgan fingerprint density at radius 3 is 2.52 bits per heavy atom. The number of fused-ring (bicyclic) bond motifs is 6. The van der Waals surface area contributed by atoms with E-state index in [9.17, 15) is 24.0 Å². The highest BCUT2D eigenvalue weighted by molar-refractivity contribution is 6.25. The maximum absolute atomic E-state index is 17.2. The number of hydrogen-bond acceptors (Lipinski definition) is 15. The lowest BCUT2D eigenvalue weighted by Crippen LogP contribution is -2.54. The predicted octanol–water partition coefficient (Wildman–Crippen LogP) is 4.85. The van der Waals surface area contributed by atoms with Crippen LogP contribution in [0.25, 0.3) is 32.9 Å². The van der Waals surface area contributed by atoms with Gasteiger partial charge in [0.2, 0.25) is 11.8 Å². The number of benzene rings is 3. The second kappa shape index (κ2) is 19.3. The van der Waals surface area contributed by atoms with Gasteiger partial charge in [-0.3, -0.25) is 44.2 Å². The van der Waals surface area contributed by atoms with Crippen molar-refractivity contribution >= 4 is 62.9 Å². The first-order valence-corrected chi connectivity index (χ1v) is 25.7. The van der Waals surface area contributed by atoms with Crippen LogP contribution in [0.2, 0.25) is 0 Å². The number of imide groups is 2. The minimum Gasteiger partial charge on any atom is -0.461 e. The van der Waals surface area contributed by atoms with Crippen LogP contribution in [-0.4, -0.2) is 166 Å². The molecule has 6 saturated heterocycles. The fourth-order valence-electron chi connectivity index (χ4n) is 12.6. The Morgan fingerprint density at radius 2 is 1.73 bits per heavy atom. The highest BCUT2D eigenvalue weighted by Crippen LogP contribution is 2.45. The zero-order valence-electron chi connectivity index (χ0n) is 41.2. The second-order valence-corrected chi connectivity index (χ2v) is 20.8. The van der Waals surface area contributed by atoms with E-state index in [0.717, 1.165) is 36.2 Å². The van der Waals surface area contributed by atoms with Gasteiger partial charge in [0.1, 0.15) is 42.1 Å². The molecule has 7 aliphatic rings. The number of halogens is 2. The Kier molecular flexibility index (Phi) is 12.4. The molecule has 0 saturated carbocycles. The number of nitrogens with one attached hydrogen (secondary N) is 3. The molecule has 6 fully saturated rings. The summed E-state index contributed by atoms with van der Waals surface area (Å²) >= 11 is 0. The molecule has 2 aromatic heterocycles. The molecule has 2 bridgehead atoms. The van der Waals surface area contributed by atoms with E-state index in [1.165, 1.54) is 6.07 Å². The molecule has 9 heterocycles. The SMILES string of the molecule is C#Cc1c(F)ccc2cccc(-c3ncc4c(N5CC6CCC(C5)N6)nc(OC[C@@]56CC[C@@H](COC(=O)N7CCN(CCNc8cccc9c8C(=O)N(C8CCC(=O)NC8=O)C9=O)CC7)N5CC(=C)C6)nc4c3F)c12. The quantitative estimate of drug-likeness (QED) is 0.0872. The molecule has 12 rings (SSSR count). The molecule has 20 heteroatoms. The fourth-order valence-corrected chi connectivity index (χ4v) is 12.6. The fraction of sp³-hybridized carbons (Fsp3) is 0.418. The number of rotatable bonds is 12. The highest BCUT2D eigenvalue weighted by Gasteiger charge is 2.52. The van der Waals surface area contributed by atoms with Crippen molar-refractivity contribution in [2.24, 2.45) is 0 Å². The Hall–Kier alpha value is -7.60. The summed E-state index contributed by atoms with van der Waals surface area (Å²) in [6.45, 7) is 9.87. The van der Waals surface area contributed by atoms with E-state index in [0.29, 0.717) is 98.6 Å². The summed E-state index contributed by atoms with van der Waals surface area (Å²) in [5, 5.41) is 10.7. The van der Waals surface area contributed by atoms with Gasteiger partial charge in [-0.1, -0.05) is 48.4 Å². The molecule has 5 aromatic rings.